The van der Waals surface area contributed by atoms with Gasteiger partial charge in [-0.1, -0.05) is 6.92 Å². The monoisotopic (exact) mass is 274 g/mol. The maximum atomic E-state index is 11.6. The molecular formula is C13H26N2O4. The van der Waals surface area contributed by atoms with Crippen molar-refractivity contribution in [3.63, 3.8) is 0 Å². The van der Waals surface area contributed by atoms with Crippen LogP contribution in [0.15, 0.2) is 0 Å². The van der Waals surface area contributed by atoms with Gasteiger partial charge in [-0.15, -0.1) is 0 Å². The maximum absolute atomic E-state index is 11.6. The molecule has 0 radical (unpaired) electrons. The van der Waals surface area contributed by atoms with Gasteiger partial charge in [0, 0.05) is 26.1 Å². The second-order valence-corrected chi connectivity index (χ2v) is 4.20. The highest BCUT2D eigenvalue weighted by Gasteiger charge is 2.08. The molecule has 0 atom stereocenters. The number of ether oxygens (including phenoxy) is 1. The van der Waals surface area contributed by atoms with E-state index < -0.39 is 0 Å². The lowest BCUT2D eigenvalue weighted by atomic mass is 10.3. The Bertz CT molecular complexity index is 259. The van der Waals surface area contributed by atoms with Crippen molar-refractivity contribution >= 4 is 11.9 Å². The molecule has 0 aliphatic carbocycles. The van der Waals surface area contributed by atoms with Crippen molar-refractivity contribution in [2.75, 3.05) is 39.4 Å². The molecule has 1 amide bonds. The third kappa shape index (κ3) is 10.5. The van der Waals surface area contributed by atoms with Gasteiger partial charge in [-0.25, -0.2) is 0 Å². The first-order valence-corrected chi connectivity index (χ1v) is 6.89. The fraction of sp³-hybridized carbons (Fsp3) is 0.846. The van der Waals surface area contributed by atoms with E-state index in [1.54, 1.807) is 6.92 Å². The summed E-state index contributed by atoms with van der Waals surface area (Å²) in [6.45, 7) is 6.57. The maximum Gasteiger partial charge on any atom is 0.305 e. The number of rotatable bonds is 11. The number of carbonyl (C=O) groups is 2. The number of amides is 1. The second-order valence-electron chi connectivity index (χ2n) is 4.20. The van der Waals surface area contributed by atoms with Crippen LogP contribution in [-0.2, 0) is 14.3 Å². The van der Waals surface area contributed by atoms with Crippen LogP contribution in [0.25, 0.3) is 0 Å². The smallest absolute Gasteiger partial charge is 0.305 e. The van der Waals surface area contributed by atoms with Crippen molar-refractivity contribution in [1.82, 2.24) is 10.2 Å². The van der Waals surface area contributed by atoms with Crippen LogP contribution in [0.4, 0.5) is 0 Å². The highest BCUT2D eigenvalue weighted by atomic mass is 16.5. The fourth-order valence-corrected chi connectivity index (χ4v) is 1.60. The lowest BCUT2D eigenvalue weighted by molar-refractivity contribution is -0.143. The average Bonchev–Trinajstić information content (AvgIpc) is 2.40. The number of carbonyl (C=O) groups excluding carboxylic acids is 2. The summed E-state index contributed by atoms with van der Waals surface area (Å²) in [6, 6.07) is 0. The number of aliphatic hydroxyl groups excluding tert-OH is 1. The van der Waals surface area contributed by atoms with Gasteiger partial charge >= 0.3 is 5.97 Å². The number of esters is 1. The molecule has 0 aromatic rings. The summed E-state index contributed by atoms with van der Waals surface area (Å²) in [6.07, 6.45) is 1.59. The van der Waals surface area contributed by atoms with Crippen molar-refractivity contribution in [3.05, 3.63) is 0 Å². The molecule has 0 aromatic carbocycles. The zero-order valence-electron chi connectivity index (χ0n) is 12.0. The number of hydrogen-bond acceptors (Lipinski definition) is 5. The molecule has 0 bridgehead atoms. The molecule has 2 N–H and O–H groups in total. The molecule has 0 rings (SSSR count). The Morgan fingerprint density at radius 1 is 1.26 bits per heavy atom. The van der Waals surface area contributed by atoms with E-state index in [4.69, 9.17) is 9.84 Å². The number of likely N-dealkylation sites (N-methyl/N-ethyl adjacent to an activating group) is 1. The molecule has 0 saturated heterocycles. The van der Waals surface area contributed by atoms with E-state index in [9.17, 15) is 9.59 Å². The predicted molar refractivity (Wildman–Crippen MR) is 72.7 cm³/mol. The van der Waals surface area contributed by atoms with Gasteiger partial charge in [0.05, 0.1) is 13.2 Å². The zero-order valence-corrected chi connectivity index (χ0v) is 12.0. The Balaban J connectivity index is 3.65. The Morgan fingerprint density at radius 2 is 2.00 bits per heavy atom. The van der Waals surface area contributed by atoms with Crippen molar-refractivity contribution in [2.45, 2.75) is 33.1 Å². The first kappa shape index (κ1) is 17.9. The highest BCUT2D eigenvalue weighted by Crippen LogP contribution is 1.93. The number of hydrogen-bond donors (Lipinski definition) is 2. The van der Waals surface area contributed by atoms with Crippen LogP contribution in [0, 0.1) is 0 Å². The van der Waals surface area contributed by atoms with E-state index in [1.807, 2.05) is 11.8 Å². The molecule has 0 unspecified atom stereocenters. The van der Waals surface area contributed by atoms with Crippen LogP contribution < -0.4 is 5.32 Å². The third-order valence-electron chi connectivity index (χ3n) is 2.63. The average molecular weight is 274 g/mol. The minimum absolute atomic E-state index is 0.0522. The largest absolute Gasteiger partial charge is 0.466 e. The lowest BCUT2D eigenvalue weighted by Crippen LogP contribution is -2.38. The van der Waals surface area contributed by atoms with Gasteiger partial charge in [-0.05, 0) is 26.3 Å². The summed E-state index contributed by atoms with van der Waals surface area (Å²) >= 11 is 0. The zero-order chi connectivity index (χ0) is 14.5. The van der Waals surface area contributed by atoms with Gasteiger partial charge in [0.15, 0.2) is 0 Å². The summed E-state index contributed by atoms with van der Waals surface area (Å²) in [5, 5.41) is 11.5. The Hall–Kier alpha value is -1.14. The van der Waals surface area contributed by atoms with E-state index in [-0.39, 0.29) is 18.5 Å². The summed E-state index contributed by atoms with van der Waals surface area (Å²) in [7, 11) is 0. The van der Waals surface area contributed by atoms with Crippen LogP contribution in [0.2, 0.25) is 0 Å². The van der Waals surface area contributed by atoms with Gasteiger partial charge in [-0.2, -0.15) is 0 Å². The topological polar surface area (TPSA) is 78.9 Å². The number of aliphatic hydroxyl groups is 1. The van der Waals surface area contributed by atoms with Crippen LogP contribution in [0.1, 0.15) is 33.1 Å². The van der Waals surface area contributed by atoms with Crippen LogP contribution in [0.3, 0.4) is 0 Å². The highest BCUT2D eigenvalue weighted by molar-refractivity contribution is 5.78. The lowest BCUT2D eigenvalue weighted by Gasteiger charge is -2.19. The van der Waals surface area contributed by atoms with E-state index in [2.05, 4.69) is 5.32 Å². The van der Waals surface area contributed by atoms with Crippen molar-refractivity contribution in [3.8, 4) is 0 Å². The molecular weight excluding hydrogens is 248 g/mol. The van der Waals surface area contributed by atoms with Crippen molar-refractivity contribution in [2.24, 2.45) is 0 Å². The van der Waals surface area contributed by atoms with E-state index in [0.29, 0.717) is 45.5 Å². The van der Waals surface area contributed by atoms with E-state index >= 15 is 0 Å². The Labute approximate surface area is 115 Å². The normalized spacial score (nSPS) is 10.5. The van der Waals surface area contributed by atoms with E-state index in [1.165, 1.54) is 0 Å². The third-order valence-corrected chi connectivity index (χ3v) is 2.63. The molecule has 0 spiro atoms. The van der Waals surface area contributed by atoms with Crippen molar-refractivity contribution < 1.29 is 19.4 Å². The minimum atomic E-state index is -0.227. The minimum Gasteiger partial charge on any atom is -0.466 e. The quantitative estimate of drug-likeness (QED) is 0.414. The Morgan fingerprint density at radius 3 is 2.58 bits per heavy atom. The second kappa shape index (κ2) is 11.9. The SMILES string of the molecule is CCOC(=O)CCCNC(=O)CN(CC)CCCO. The van der Waals surface area contributed by atoms with Crippen LogP contribution in [0.5, 0.6) is 0 Å². The first-order valence-electron chi connectivity index (χ1n) is 6.89. The molecule has 0 aromatic heterocycles. The molecule has 0 fully saturated rings. The molecule has 6 nitrogen and oxygen atoms in total. The molecule has 112 valence electrons. The number of nitrogens with one attached hydrogen (secondary N) is 1. The summed E-state index contributed by atoms with van der Waals surface area (Å²) < 4.78 is 4.79. The van der Waals surface area contributed by atoms with Gasteiger partial charge in [0.2, 0.25) is 5.91 Å². The van der Waals surface area contributed by atoms with Gasteiger partial charge in [0.25, 0.3) is 0 Å². The van der Waals surface area contributed by atoms with Gasteiger partial charge in [-0.3, -0.25) is 14.5 Å². The summed E-state index contributed by atoms with van der Waals surface area (Å²) in [5.74, 6) is -0.279. The van der Waals surface area contributed by atoms with Gasteiger partial charge in [0.1, 0.15) is 0 Å². The molecule has 0 aliphatic rings. The number of nitrogens with zero attached hydrogens (tertiary/aromatic N) is 1. The van der Waals surface area contributed by atoms with Crippen molar-refractivity contribution in [1.29, 1.82) is 0 Å². The predicted octanol–water partition coefficient (Wildman–Crippen LogP) is 0.150. The molecule has 0 aliphatic heterocycles. The standard InChI is InChI=1S/C13H26N2O4/c1-3-15(9-6-10-16)11-12(17)14-8-5-7-13(18)19-4-2/h16H,3-11H2,1-2H3,(H,14,17). The van der Waals surface area contributed by atoms with Crippen LogP contribution >= 0.6 is 0 Å². The summed E-state index contributed by atoms with van der Waals surface area (Å²) in [4.78, 5) is 24.6. The Kier molecular flexibility index (Phi) is 11.2. The fourth-order valence-electron chi connectivity index (χ4n) is 1.60. The molecule has 19 heavy (non-hydrogen) atoms. The first-order chi connectivity index (χ1) is 9.13. The molecule has 6 heteroatoms. The summed E-state index contributed by atoms with van der Waals surface area (Å²) in [5.41, 5.74) is 0. The molecule has 0 saturated carbocycles. The van der Waals surface area contributed by atoms with E-state index in [0.717, 1.165) is 6.54 Å². The van der Waals surface area contributed by atoms with Gasteiger partial charge < -0.3 is 15.2 Å². The van der Waals surface area contributed by atoms with Crippen LogP contribution in [-0.4, -0.2) is 61.3 Å². The molecule has 0 heterocycles.